The Morgan fingerprint density at radius 1 is 1.17 bits per heavy atom. The Bertz CT molecular complexity index is 709. The summed E-state index contributed by atoms with van der Waals surface area (Å²) in [7, 11) is 0. The van der Waals surface area contributed by atoms with Crippen LogP contribution >= 0.6 is 11.6 Å². The van der Waals surface area contributed by atoms with E-state index in [1.807, 2.05) is 0 Å². The smallest absolute Gasteiger partial charge is 0.291 e. The maximum Gasteiger partial charge on any atom is 0.291 e. The van der Waals surface area contributed by atoms with Crippen molar-refractivity contribution in [1.82, 2.24) is 0 Å². The Balaban J connectivity index is 1.77. The van der Waals surface area contributed by atoms with Crippen molar-refractivity contribution in [2.24, 2.45) is 5.92 Å². The molecule has 3 rings (SSSR count). The molecule has 1 saturated heterocycles. The SMILES string of the molecule is O=C(Nc1cc(Cl)ccc1NC(=O)C1CCOC1)c1ccco1. The van der Waals surface area contributed by atoms with Gasteiger partial charge in [0, 0.05) is 11.6 Å². The van der Waals surface area contributed by atoms with E-state index in [-0.39, 0.29) is 17.6 Å². The van der Waals surface area contributed by atoms with E-state index in [2.05, 4.69) is 10.6 Å². The lowest BCUT2D eigenvalue weighted by molar-refractivity contribution is -0.119. The maximum atomic E-state index is 12.2. The van der Waals surface area contributed by atoms with Gasteiger partial charge in [-0.05, 0) is 36.8 Å². The Kier molecular flexibility index (Phi) is 4.64. The van der Waals surface area contributed by atoms with Crippen LogP contribution in [0.2, 0.25) is 5.02 Å². The van der Waals surface area contributed by atoms with E-state index in [4.69, 9.17) is 20.8 Å². The zero-order chi connectivity index (χ0) is 16.2. The monoisotopic (exact) mass is 334 g/mol. The van der Waals surface area contributed by atoms with Crippen molar-refractivity contribution in [2.75, 3.05) is 23.8 Å². The van der Waals surface area contributed by atoms with Gasteiger partial charge in [-0.15, -0.1) is 0 Å². The molecule has 0 spiro atoms. The zero-order valence-electron chi connectivity index (χ0n) is 12.2. The first-order valence-corrected chi connectivity index (χ1v) is 7.54. The molecule has 23 heavy (non-hydrogen) atoms. The number of rotatable bonds is 4. The highest BCUT2D eigenvalue weighted by Gasteiger charge is 2.24. The van der Waals surface area contributed by atoms with Gasteiger partial charge in [0.2, 0.25) is 5.91 Å². The van der Waals surface area contributed by atoms with Crippen LogP contribution in [0.5, 0.6) is 0 Å². The largest absolute Gasteiger partial charge is 0.459 e. The summed E-state index contributed by atoms with van der Waals surface area (Å²) >= 11 is 5.98. The van der Waals surface area contributed by atoms with Crippen LogP contribution in [-0.2, 0) is 9.53 Å². The maximum absolute atomic E-state index is 12.2. The van der Waals surface area contributed by atoms with Gasteiger partial charge in [0.05, 0.1) is 30.2 Å². The van der Waals surface area contributed by atoms with Crippen LogP contribution in [0.1, 0.15) is 17.0 Å². The second kappa shape index (κ2) is 6.85. The van der Waals surface area contributed by atoms with Crippen molar-refractivity contribution in [3.05, 3.63) is 47.4 Å². The molecule has 1 aromatic carbocycles. The van der Waals surface area contributed by atoms with E-state index in [0.29, 0.717) is 36.0 Å². The molecular formula is C16H15ClN2O4. The van der Waals surface area contributed by atoms with Gasteiger partial charge in [-0.25, -0.2) is 0 Å². The summed E-state index contributed by atoms with van der Waals surface area (Å²) in [5.74, 6) is -0.568. The minimum atomic E-state index is -0.419. The number of amides is 2. The lowest BCUT2D eigenvalue weighted by Crippen LogP contribution is -2.24. The number of furan rings is 1. The van der Waals surface area contributed by atoms with Crippen molar-refractivity contribution in [3.63, 3.8) is 0 Å². The first-order valence-electron chi connectivity index (χ1n) is 7.16. The van der Waals surface area contributed by atoms with Crippen molar-refractivity contribution in [3.8, 4) is 0 Å². The molecule has 2 heterocycles. The van der Waals surface area contributed by atoms with Gasteiger partial charge in [0.15, 0.2) is 5.76 Å². The summed E-state index contributed by atoms with van der Waals surface area (Å²) in [6, 6.07) is 8.03. The third kappa shape index (κ3) is 3.72. The van der Waals surface area contributed by atoms with E-state index in [1.165, 1.54) is 6.26 Å². The van der Waals surface area contributed by atoms with E-state index in [9.17, 15) is 9.59 Å². The van der Waals surface area contributed by atoms with Crippen molar-refractivity contribution in [1.29, 1.82) is 0 Å². The number of carbonyl (C=O) groups excluding carboxylic acids is 2. The molecule has 0 bridgehead atoms. The second-order valence-corrected chi connectivity index (χ2v) is 5.61. The number of ether oxygens (including phenoxy) is 1. The summed E-state index contributed by atoms with van der Waals surface area (Å²) in [6.45, 7) is 0.994. The third-order valence-corrected chi connectivity index (χ3v) is 3.77. The highest BCUT2D eigenvalue weighted by atomic mass is 35.5. The van der Waals surface area contributed by atoms with Gasteiger partial charge in [0.25, 0.3) is 5.91 Å². The second-order valence-electron chi connectivity index (χ2n) is 5.17. The predicted octanol–water partition coefficient (Wildman–Crippen LogP) is 3.16. The number of hydrogen-bond donors (Lipinski definition) is 2. The minimum absolute atomic E-state index is 0.140. The van der Waals surface area contributed by atoms with Crippen LogP contribution in [0.15, 0.2) is 41.0 Å². The van der Waals surface area contributed by atoms with Gasteiger partial charge in [-0.1, -0.05) is 11.6 Å². The van der Waals surface area contributed by atoms with Gasteiger partial charge in [-0.2, -0.15) is 0 Å². The summed E-state index contributed by atoms with van der Waals surface area (Å²) in [5, 5.41) is 5.94. The van der Waals surface area contributed by atoms with E-state index >= 15 is 0 Å². The number of benzene rings is 1. The molecule has 2 N–H and O–H groups in total. The molecule has 1 aliphatic heterocycles. The van der Waals surface area contributed by atoms with E-state index < -0.39 is 5.91 Å². The zero-order valence-corrected chi connectivity index (χ0v) is 12.9. The quantitative estimate of drug-likeness (QED) is 0.900. The molecular weight excluding hydrogens is 320 g/mol. The van der Waals surface area contributed by atoms with Crippen LogP contribution < -0.4 is 10.6 Å². The van der Waals surface area contributed by atoms with E-state index in [0.717, 1.165) is 0 Å². The fourth-order valence-corrected chi connectivity index (χ4v) is 2.47. The Hall–Kier alpha value is -2.31. The fourth-order valence-electron chi connectivity index (χ4n) is 2.30. The molecule has 1 aliphatic rings. The molecule has 2 aromatic rings. The standard InChI is InChI=1S/C16H15ClN2O4/c17-11-3-4-12(18-15(20)10-5-7-22-9-10)13(8-11)19-16(21)14-2-1-6-23-14/h1-4,6,8,10H,5,7,9H2,(H,18,20)(H,19,21). The van der Waals surface area contributed by atoms with E-state index in [1.54, 1.807) is 30.3 Å². The number of nitrogens with one attached hydrogen (secondary N) is 2. The van der Waals surface area contributed by atoms with Gasteiger partial charge in [-0.3, -0.25) is 9.59 Å². The highest BCUT2D eigenvalue weighted by molar-refractivity contribution is 6.31. The van der Waals surface area contributed by atoms with Crippen molar-refractivity contribution < 1.29 is 18.7 Å². The number of hydrogen-bond acceptors (Lipinski definition) is 4. The molecule has 1 unspecified atom stereocenters. The summed E-state index contributed by atoms with van der Waals surface area (Å²) in [5.41, 5.74) is 0.886. The van der Waals surface area contributed by atoms with Crippen molar-refractivity contribution >= 4 is 34.8 Å². The molecule has 0 radical (unpaired) electrons. The topological polar surface area (TPSA) is 80.6 Å². The number of carbonyl (C=O) groups is 2. The average molecular weight is 335 g/mol. The van der Waals surface area contributed by atoms with Crippen LogP contribution in [0, 0.1) is 5.92 Å². The predicted molar refractivity (Wildman–Crippen MR) is 85.7 cm³/mol. The summed E-state index contributed by atoms with van der Waals surface area (Å²) in [4.78, 5) is 24.3. The molecule has 1 aromatic heterocycles. The first kappa shape index (κ1) is 15.6. The van der Waals surface area contributed by atoms with Gasteiger partial charge < -0.3 is 19.8 Å². The molecule has 0 aliphatic carbocycles. The van der Waals surface area contributed by atoms with Gasteiger partial charge >= 0.3 is 0 Å². The Labute approximate surface area is 137 Å². The lowest BCUT2D eigenvalue weighted by atomic mass is 10.1. The lowest BCUT2D eigenvalue weighted by Gasteiger charge is -2.14. The Morgan fingerprint density at radius 2 is 2.04 bits per heavy atom. The number of halogens is 1. The Morgan fingerprint density at radius 3 is 2.74 bits per heavy atom. The molecule has 1 atom stereocenters. The van der Waals surface area contributed by atoms with Crippen LogP contribution in [0.25, 0.3) is 0 Å². The third-order valence-electron chi connectivity index (χ3n) is 3.53. The van der Waals surface area contributed by atoms with Crippen molar-refractivity contribution in [2.45, 2.75) is 6.42 Å². The molecule has 2 amide bonds. The first-order chi connectivity index (χ1) is 11.1. The normalized spacial score (nSPS) is 17.0. The van der Waals surface area contributed by atoms with Crippen LogP contribution in [0.4, 0.5) is 11.4 Å². The molecule has 7 heteroatoms. The van der Waals surface area contributed by atoms with Crippen LogP contribution in [0.3, 0.4) is 0 Å². The fraction of sp³-hybridized carbons (Fsp3) is 0.250. The molecule has 0 saturated carbocycles. The number of anilines is 2. The highest BCUT2D eigenvalue weighted by Crippen LogP contribution is 2.27. The average Bonchev–Trinajstić information content (AvgIpc) is 3.23. The van der Waals surface area contributed by atoms with Gasteiger partial charge in [0.1, 0.15) is 0 Å². The molecule has 6 nitrogen and oxygen atoms in total. The molecule has 120 valence electrons. The summed E-state index contributed by atoms with van der Waals surface area (Å²) < 4.78 is 10.3. The van der Waals surface area contributed by atoms with Crippen LogP contribution in [-0.4, -0.2) is 25.0 Å². The summed E-state index contributed by atoms with van der Waals surface area (Å²) in [6.07, 6.45) is 2.10. The molecule has 1 fully saturated rings. The minimum Gasteiger partial charge on any atom is -0.459 e.